The van der Waals surface area contributed by atoms with Crippen molar-refractivity contribution in [1.82, 2.24) is 20.1 Å². The van der Waals surface area contributed by atoms with Crippen LogP contribution in [0.1, 0.15) is 22.1 Å². The van der Waals surface area contributed by atoms with Crippen LogP contribution in [0.5, 0.6) is 0 Å². The van der Waals surface area contributed by atoms with E-state index in [-0.39, 0.29) is 12.2 Å². The normalized spacial score (nSPS) is 12.1. The highest BCUT2D eigenvalue weighted by Gasteiger charge is 2.19. The summed E-state index contributed by atoms with van der Waals surface area (Å²) in [7, 11) is 1.71. The van der Waals surface area contributed by atoms with Crippen LogP contribution in [0.3, 0.4) is 0 Å². The van der Waals surface area contributed by atoms with E-state index in [0.717, 1.165) is 0 Å². The molecule has 1 unspecified atom stereocenters. The molecule has 0 aliphatic rings. The molecule has 7 nitrogen and oxygen atoms in total. The Morgan fingerprint density at radius 3 is 2.95 bits per heavy atom. The number of hydrogen-bond donors (Lipinski definition) is 3. The Bertz CT molecular complexity index is 632. The molecule has 2 aromatic heterocycles. The smallest absolute Gasteiger partial charge is 0.260 e. The molecule has 7 heteroatoms. The maximum atomic E-state index is 12.0. The van der Waals surface area contributed by atoms with Crippen molar-refractivity contribution in [2.24, 2.45) is 7.05 Å². The van der Waals surface area contributed by atoms with Gasteiger partial charge in [-0.2, -0.15) is 5.10 Å². The Morgan fingerprint density at radius 1 is 1.58 bits per heavy atom. The van der Waals surface area contributed by atoms with Gasteiger partial charge in [-0.15, -0.1) is 0 Å². The first-order valence-corrected chi connectivity index (χ1v) is 5.71. The molecule has 100 valence electrons. The fourth-order valence-corrected chi connectivity index (χ4v) is 1.78. The van der Waals surface area contributed by atoms with Gasteiger partial charge in [0.1, 0.15) is 5.56 Å². The number of H-pyrrole nitrogens is 1. The number of pyridine rings is 1. The molecule has 19 heavy (non-hydrogen) atoms. The van der Waals surface area contributed by atoms with Crippen molar-refractivity contribution >= 4 is 5.91 Å². The summed E-state index contributed by atoms with van der Waals surface area (Å²) in [6, 6.07) is 4.07. The third kappa shape index (κ3) is 2.71. The van der Waals surface area contributed by atoms with E-state index in [1.165, 1.54) is 12.3 Å². The highest BCUT2D eigenvalue weighted by molar-refractivity contribution is 5.93. The molecule has 0 aliphatic carbocycles. The van der Waals surface area contributed by atoms with Crippen LogP contribution in [0, 0.1) is 0 Å². The summed E-state index contributed by atoms with van der Waals surface area (Å²) < 4.78 is 1.55. The Hall–Kier alpha value is -2.41. The minimum atomic E-state index is -0.611. The molecule has 1 atom stereocenters. The summed E-state index contributed by atoms with van der Waals surface area (Å²) in [5, 5.41) is 15.9. The standard InChI is InChI=1S/C12H14N4O3/c1-16-10(4-6-14-16)9(7-17)15-12(19)8-3-2-5-13-11(8)18/h2-6,9,17H,7H2,1H3,(H,13,18)(H,15,19). The number of aromatic amines is 1. The van der Waals surface area contributed by atoms with Crippen LogP contribution in [0.15, 0.2) is 35.4 Å². The van der Waals surface area contributed by atoms with Crippen LogP contribution in [0.25, 0.3) is 0 Å². The van der Waals surface area contributed by atoms with Gasteiger partial charge in [0.25, 0.3) is 11.5 Å². The van der Waals surface area contributed by atoms with Crippen molar-refractivity contribution in [1.29, 1.82) is 0 Å². The minimum Gasteiger partial charge on any atom is -0.394 e. The number of rotatable bonds is 4. The predicted molar refractivity (Wildman–Crippen MR) is 67.6 cm³/mol. The van der Waals surface area contributed by atoms with E-state index in [0.29, 0.717) is 5.69 Å². The maximum absolute atomic E-state index is 12.0. The van der Waals surface area contributed by atoms with Gasteiger partial charge in [0, 0.05) is 19.4 Å². The van der Waals surface area contributed by atoms with Gasteiger partial charge in [0.15, 0.2) is 0 Å². The fourth-order valence-electron chi connectivity index (χ4n) is 1.78. The Labute approximate surface area is 108 Å². The van der Waals surface area contributed by atoms with Crippen molar-refractivity contribution < 1.29 is 9.90 Å². The molecule has 2 heterocycles. The lowest BCUT2D eigenvalue weighted by molar-refractivity contribution is 0.0912. The second-order valence-electron chi connectivity index (χ2n) is 4.00. The molecule has 2 rings (SSSR count). The number of nitrogens with one attached hydrogen (secondary N) is 2. The third-order valence-electron chi connectivity index (χ3n) is 2.77. The molecule has 0 bridgehead atoms. The van der Waals surface area contributed by atoms with Gasteiger partial charge >= 0.3 is 0 Å². The van der Waals surface area contributed by atoms with Crippen molar-refractivity contribution in [2.45, 2.75) is 6.04 Å². The van der Waals surface area contributed by atoms with Gasteiger partial charge in [-0.05, 0) is 18.2 Å². The van der Waals surface area contributed by atoms with Crippen molar-refractivity contribution in [3.05, 3.63) is 52.2 Å². The molecular weight excluding hydrogens is 248 g/mol. The topological polar surface area (TPSA) is 100 Å². The number of carbonyl (C=O) groups is 1. The Balaban J connectivity index is 2.20. The summed E-state index contributed by atoms with van der Waals surface area (Å²) in [5.41, 5.74) is 0.188. The van der Waals surface area contributed by atoms with E-state index in [4.69, 9.17) is 0 Å². The monoisotopic (exact) mass is 262 g/mol. The molecule has 0 radical (unpaired) electrons. The van der Waals surface area contributed by atoms with E-state index >= 15 is 0 Å². The number of amides is 1. The molecule has 3 N–H and O–H groups in total. The first-order valence-electron chi connectivity index (χ1n) is 5.71. The Morgan fingerprint density at radius 2 is 2.37 bits per heavy atom. The highest BCUT2D eigenvalue weighted by Crippen LogP contribution is 2.11. The van der Waals surface area contributed by atoms with Gasteiger partial charge in [-0.3, -0.25) is 14.3 Å². The second kappa shape index (κ2) is 5.49. The molecular formula is C12H14N4O3. The molecule has 2 aromatic rings. The van der Waals surface area contributed by atoms with Crippen LogP contribution < -0.4 is 10.9 Å². The lowest BCUT2D eigenvalue weighted by Gasteiger charge is -2.16. The molecule has 0 saturated carbocycles. The average molecular weight is 262 g/mol. The minimum absolute atomic E-state index is 0.00289. The molecule has 1 amide bonds. The average Bonchev–Trinajstić information content (AvgIpc) is 2.82. The van der Waals surface area contributed by atoms with Gasteiger partial charge in [0.05, 0.1) is 18.3 Å². The van der Waals surface area contributed by atoms with Crippen LogP contribution in [-0.2, 0) is 7.05 Å². The summed E-state index contributed by atoms with van der Waals surface area (Å²) >= 11 is 0. The fraction of sp³-hybridized carbons (Fsp3) is 0.250. The van der Waals surface area contributed by atoms with Crippen LogP contribution >= 0.6 is 0 Å². The van der Waals surface area contributed by atoms with Crippen LogP contribution in [0.4, 0.5) is 0 Å². The largest absolute Gasteiger partial charge is 0.394 e. The lowest BCUT2D eigenvalue weighted by atomic mass is 10.2. The summed E-state index contributed by atoms with van der Waals surface area (Å²) in [6.45, 7) is -0.282. The second-order valence-corrected chi connectivity index (χ2v) is 4.00. The maximum Gasteiger partial charge on any atom is 0.260 e. The zero-order chi connectivity index (χ0) is 13.8. The van der Waals surface area contributed by atoms with E-state index in [9.17, 15) is 14.7 Å². The summed E-state index contributed by atoms with van der Waals surface area (Å²) in [6.07, 6.45) is 3.02. The number of hydrogen-bond acceptors (Lipinski definition) is 4. The number of aromatic nitrogens is 3. The SMILES string of the molecule is Cn1nccc1C(CO)NC(=O)c1ccc[nH]c1=O. The first kappa shape index (κ1) is 13.0. The van der Waals surface area contributed by atoms with Crippen molar-refractivity contribution in [2.75, 3.05) is 6.61 Å². The van der Waals surface area contributed by atoms with Gasteiger partial charge < -0.3 is 15.4 Å². The van der Waals surface area contributed by atoms with E-state index < -0.39 is 17.5 Å². The number of carbonyl (C=O) groups excluding carboxylic acids is 1. The third-order valence-corrected chi connectivity index (χ3v) is 2.77. The lowest BCUT2D eigenvalue weighted by Crippen LogP contribution is -2.35. The Kier molecular flexibility index (Phi) is 3.76. The van der Waals surface area contributed by atoms with Gasteiger partial charge in [-0.25, -0.2) is 0 Å². The molecule has 0 aromatic carbocycles. The van der Waals surface area contributed by atoms with Gasteiger partial charge in [-0.1, -0.05) is 0 Å². The summed E-state index contributed by atoms with van der Waals surface area (Å²) in [4.78, 5) is 25.9. The van der Waals surface area contributed by atoms with E-state index in [1.807, 2.05) is 0 Å². The number of aliphatic hydroxyl groups is 1. The molecule has 0 fully saturated rings. The zero-order valence-electron chi connectivity index (χ0n) is 10.3. The number of nitrogens with zero attached hydrogens (tertiary/aromatic N) is 2. The predicted octanol–water partition coefficient (Wildman–Crippen LogP) is -0.428. The first-order chi connectivity index (χ1) is 9.13. The number of aryl methyl sites for hydroxylation is 1. The summed E-state index contributed by atoms with van der Waals surface area (Å²) in [5.74, 6) is -0.540. The highest BCUT2D eigenvalue weighted by atomic mass is 16.3. The molecule has 0 saturated heterocycles. The molecule has 0 aliphatic heterocycles. The van der Waals surface area contributed by atoms with E-state index in [2.05, 4.69) is 15.4 Å². The van der Waals surface area contributed by atoms with Gasteiger partial charge in [0.2, 0.25) is 0 Å². The number of aliphatic hydroxyl groups excluding tert-OH is 1. The van der Waals surface area contributed by atoms with Crippen LogP contribution in [0.2, 0.25) is 0 Å². The molecule has 0 spiro atoms. The van der Waals surface area contributed by atoms with E-state index in [1.54, 1.807) is 30.1 Å². The van der Waals surface area contributed by atoms with Crippen LogP contribution in [-0.4, -0.2) is 32.4 Å². The van der Waals surface area contributed by atoms with Crippen molar-refractivity contribution in [3.63, 3.8) is 0 Å². The van der Waals surface area contributed by atoms with Crippen molar-refractivity contribution in [3.8, 4) is 0 Å². The quantitative estimate of drug-likeness (QED) is 0.696. The zero-order valence-corrected chi connectivity index (χ0v) is 10.3.